The highest BCUT2D eigenvalue weighted by Gasteiger charge is 2.17. The number of nitrogens with one attached hydrogen (secondary N) is 2. The van der Waals surface area contributed by atoms with Gasteiger partial charge in [-0.2, -0.15) is 0 Å². The molecule has 5 nitrogen and oxygen atoms in total. The van der Waals surface area contributed by atoms with E-state index in [2.05, 4.69) is 10.6 Å². The SMILES string of the molecule is COCCOc1ccc(NC(=O)CC2CCCN2)cc1. The first kappa shape index (κ1) is 14.8. The average molecular weight is 278 g/mol. The molecule has 1 atom stereocenters. The highest BCUT2D eigenvalue weighted by Crippen LogP contribution is 2.16. The zero-order valence-corrected chi connectivity index (χ0v) is 11.9. The summed E-state index contributed by atoms with van der Waals surface area (Å²) in [4.78, 5) is 11.9. The maximum atomic E-state index is 11.9. The van der Waals surface area contributed by atoms with Crippen molar-refractivity contribution in [3.05, 3.63) is 24.3 Å². The predicted octanol–water partition coefficient (Wildman–Crippen LogP) is 1.79. The molecule has 0 aliphatic carbocycles. The van der Waals surface area contributed by atoms with E-state index >= 15 is 0 Å². The van der Waals surface area contributed by atoms with Crippen LogP contribution in [0.15, 0.2) is 24.3 Å². The van der Waals surface area contributed by atoms with E-state index in [1.54, 1.807) is 7.11 Å². The van der Waals surface area contributed by atoms with Gasteiger partial charge in [-0.15, -0.1) is 0 Å². The van der Waals surface area contributed by atoms with E-state index in [-0.39, 0.29) is 5.91 Å². The minimum Gasteiger partial charge on any atom is -0.491 e. The van der Waals surface area contributed by atoms with Gasteiger partial charge < -0.3 is 20.1 Å². The standard InChI is InChI=1S/C15H22N2O3/c1-19-9-10-20-14-6-4-12(5-7-14)17-15(18)11-13-3-2-8-16-13/h4-7,13,16H,2-3,8-11H2,1H3,(H,17,18). The van der Waals surface area contributed by atoms with Crippen molar-refractivity contribution in [2.75, 3.05) is 32.2 Å². The third kappa shape index (κ3) is 4.83. The van der Waals surface area contributed by atoms with E-state index in [9.17, 15) is 4.79 Å². The molecule has 0 spiro atoms. The monoisotopic (exact) mass is 278 g/mol. The summed E-state index contributed by atoms with van der Waals surface area (Å²) in [7, 11) is 1.64. The zero-order chi connectivity index (χ0) is 14.2. The van der Waals surface area contributed by atoms with Crippen molar-refractivity contribution in [2.24, 2.45) is 0 Å². The van der Waals surface area contributed by atoms with Crippen LogP contribution < -0.4 is 15.4 Å². The van der Waals surface area contributed by atoms with Crippen LogP contribution >= 0.6 is 0 Å². The molecule has 1 heterocycles. The second kappa shape index (κ2) is 7.87. The van der Waals surface area contributed by atoms with Crippen LogP contribution in [0.1, 0.15) is 19.3 Å². The number of methoxy groups -OCH3 is 1. The van der Waals surface area contributed by atoms with Gasteiger partial charge in [-0.25, -0.2) is 0 Å². The minimum absolute atomic E-state index is 0.0532. The lowest BCUT2D eigenvalue weighted by atomic mass is 10.1. The van der Waals surface area contributed by atoms with Gasteiger partial charge in [0.2, 0.25) is 5.91 Å². The molecule has 1 aliphatic heterocycles. The number of hydrogen-bond acceptors (Lipinski definition) is 4. The van der Waals surface area contributed by atoms with Crippen LogP contribution in [0, 0.1) is 0 Å². The van der Waals surface area contributed by atoms with Crippen LogP contribution in [0.5, 0.6) is 5.75 Å². The Bertz CT molecular complexity index is 414. The van der Waals surface area contributed by atoms with E-state index in [0.717, 1.165) is 30.8 Å². The number of ether oxygens (including phenoxy) is 2. The molecular formula is C15H22N2O3. The van der Waals surface area contributed by atoms with Crippen molar-refractivity contribution in [1.29, 1.82) is 0 Å². The highest BCUT2D eigenvalue weighted by molar-refractivity contribution is 5.91. The zero-order valence-electron chi connectivity index (χ0n) is 11.9. The first-order chi connectivity index (χ1) is 9.78. The van der Waals surface area contributed by atoms with Gasteiger partial charge in [0.15, 0.2) is 0 Å². The molecule has 5 heteroatoms. The highest BCUT2D eigenvalue weighted by atomic mass is 16.5. The van der Waals surface area contributed by atoms with Crippen molar-refractivity contribution in [3.63, 3.8) is 0 Å². The van der Waals surface area contributed by atoms with Crippen LogP contribution in [-0.4, -0.2) is 38.8 Å². The van der Waals surface area contributed by atoms with Crippen molar-refractivity contribution >= 4 is 11.6 Å². The number of carbonyl (C=O) groups is 1. The van der Waals surface area contributed by atoms with Gasteiger partial charge >= 0.3 is 0 Å². The third-order valence-electron chi connectivity index (χ3n) is 3.29. The molecule has 2 rings (SSSR count). The summed E-state index contributed by atoms with van der Waals surface area (Å²) >= 11 is 0. The van der Waals surface area contributed by atoms with E-state index in [0.29, 0.717) is 25.7 Å². The molecule has 1 aliphatic rings. The molecule has 1 amide bonds. The number of amides is 1. The Labute approximate surface area is 119 Å². The van der Waals surface area contributed by atoms with Crippen molar-refractivity contribution in [3.8, 4) is 5.75 Å². The lowest BCUT2D eigenvalue weighted by molar-refractivity contribution is -0.116. The van der Waals surface area contributed by atoms with Gasteiger partial charge in [0.05, 0.1) is 6.61 Å². The Morgan fingerprint density at radius 3 is 2.80 bits per heavy atom. The molecule has 0 radical (unpaired) electrons. The van der Waals surface area contributed by atoms with Crippen LogP contribution in [-0.2, 0) is 9.53 Å². The fraction of sp³-hybridized carbons (Fsp3) is 0.533. The summed E-state index contributed by atoms with van der Waals surface area (Å²) in [5.41, 5.74) is 0.798. The lowest BCUT2D eigenvalue weighted by Gasteiger charge is -2.11. The molecule has 20 heavy (non-hydrogen) atoms. The summed E-state index contributed by atoms with van der Waals surface area (Å²) in [5, 5.41) is 6.22. The van der Waals surface area contributed by atoms with Crippen LogP contribution in [0.2, 0.25) is 0 Å². The van der Waals surface area contributed by atoms with Crippen molar-refractivity contribution in [1.82, 2.24) is 5.32 Å². The van der Waals surface area contributed by atoms with Gasteiger partial charge in [-0.3, -0.25) is 4.79 Å². The topological polar surface area (TPSA) is 59.6 Å². The van der Waals surface area contributed by atoms with E-state index < -0.39 is 0 Å². The Balaban J connectivity index is 1.76. The van der Waals surface area contributed by atoms with Gasteiger partial charge in [-0.1, -0.05) is 0 Å². The summed E-state index contributed by atoms with van der Waals surface area (Å²) in [6, 6.07) is 7.72. The molecular weight excluding hydrogens is 256 g/mol. The predicted molar refractivity (Wildman–Crippen MR) is 78.1 cm³/mol. The van der Waals surface area contributed by atoms with Crippen molar-refractivity contribution in [2.45, 2.75) is 25.3 Å². The number of benzene rings is 1. The molecule has 0 saturated carbocycles. The first-order valence-electron chi connectivity index (χ1n) is 7.03. The van der Waals surface area contributed by atoms with Crippen LogP contribution in [0.4, 0.5) is 5.69 Å². The normalized spacial score (nSPS) is 17.9. The quantitative estimate of drug-likeness (QED) is 0.747. The van der Waals surface area contributed by atoms with Gasteiger partial charge in [0.1, 0.15) is 12.4 Å². The molecule has 1 fully saturated rings. The summed E-state index contributed by atoms with van der Waals surface area (Å²) in [6.07, 6.45) is 2.78. The molecule has 1 aromatic carbocycles. The molecule has 2 N–H and O–H groups in total. The second-order valence-corrected chi connectivity index (χ2v) is 4.91. The molecule has 1 saturated heterocycles. The van der Waals surface area contributed by atoms with E-state index in [4.69, 9.17) is 9.47 Å². The van der Waals surface area contributed by atoms with Gasteiger partial charge in [0.25, 0.3) is 0 Å². The molecule has 1 aromatic rings. The number of carbonyl (C=O) groups excluding carboxylic acids is 1. The lowest BCUT2D eigenvalue weighted by Crippen LogP contribution is -2.27. The van der Waals surface area contributed by atoms with Gasteiger partial charge in [0, 0.05) is 25.3 Å². The van der Waals surface area contributed by atoms with Crippen molar-refractivity contribution < 1.29 is 14.3 Å². The number of hydrogen-bond donors (Lipinski definition) is 2. The van der Waals surface area contributed by atoms with E-state index in [1.807, 2.05) is 24.3 Å². The Hall–Kier alpha value is -1.59. The smallest absolute Gasteiger partial charge is 0.225 e. The largest absolute Gasteiger partial charge is 0.491 e. The number of anilines is 1. The molecule has 0 aromatic heterocycles. The molecule has 0 bridgehead atoms. The maximum Gasteiger partial charge on any atom is 0.225 e. The Morgan fingerprint density at radius 2 is 2.15 bits per heavy atom. The maximum absolute atomic E-state index is 11.9. The Kier molecular flexibility index (Phi) is 5.83. The van der Waals surface area contributed by atoms with Crippen LogP contribution in [0.3, 0.4) is 0 Å². The fourth-order valence-electron chi connectivity index (χ4n) is 2.24. The van der Waals surface area contributed by atoms with Crippen LogP contribution in [0.25, 0.3) is 0 Å². The fourth-order valence-corrected chi connectivity index (χ4v) is 2.24. The average Bonchev–Trinajstić information content (AvgIpc) is 2.94. The van der Waals surface area contributed by atoms with Gasteiger partial charge in [-0.05, 0) is 43.7 Å². The summed E-state index contributed by atoms with van der Waals surface area (Å²) in [6.45, 7) is 2.11. The molecule has 110 valence electrons. The summed E-state index contributed by atoms with van der Waals surface area (Å²) in [5.74, 6) is 0.829. The second-order valence-electron chi connectivity index (χ2n) is 4.91. The molecule has 1 unspecified atom stereocenters. The number of rotatable bonds is 7. The third-order valence-corrected chi connectivity index (χ3v) is 3.29. The minimum atomic E-state index is 0.0532. The first-order valence-corrected chi connectivity index (χ1v) is 7.03. The Morgan fingerprint density at radius 1 is 1.35 bits per heavy atom. The van der Waals surface area contributed by atoms with E-state index in [1.165, 1.54) is 0 Å². The summed E-state index contributed by atoms with van der Waals surface area (Å²) < 4.78 is 10.4.